The fourth-order valence-electron chi connectivity index (χ4n) is 2.61. The third kappa shape index (κ3) is 3.89. The topological polar surface area (TPSA) is 154 Å². The van der Waals surface area contributed by atoms with Crippen LogP contribution in [0.1, 0.15) is 28.7 Å². The molecule has 0 amide bonds. The predicted molar refractivity (Wildman–Crippen MR) is 100 cm³/mol. The molecular formula is C18H19N5O5. The number of nitro groups is 1. The van der Waals surface area contributed by atoms with Crippen LogP contribution in [-0.4, -0.2) is 26.3 Å². The molecule has 0 aliphatic heterocycles. The van der Waals surface area contributed by atoms with Gasteiger partial charge in [0.1, 0.15) is 11.6 Å². The summed E-state index contributed by atoms with van der Waals surface area (Å²) >= 11 is 0. The minimum absolute atomic E-state index is 0.0254. The highest BCUT2D eigenvalue weighted by Gasteiger charge is 2.20. The number of nitro benzene ring substituents is 1. The number of aryl methyl sites for hydroxylation is 2. The van der Waals surface area contributed by atoms with E-state index in [2.05, 4.69) is 10.2 Å². The fourth-order valence-corrected chi connectivity index (χ4v) is 2.61. The lowest BCUT2D eigenvalue weighted by molar-refractivity contribution is -0.384. The van der Waals surface area contributed by atoms with Crippen molar-refractivity contribution in [3.63, 3.8) is 0 Å². The standard InChI is InChI=1S/C18H19N5O5/c1-10-7-14(15(23(27)28)8-11(10)2)20-21-16-12(3)13(9-19)17(25)22(18(16)26)5-4-6-24/h7-8,24-25H,4-6H2,1-3H3. The molecule has 146 valence electrons. The molecule has 0 saturated carbocycles. The zero-order chi connectivity index (χ0) is 21.0. The van der Waals surface area contributed by atoms with Gasteiger partial charge in [0.15, 0.2) is 11.4 Å². The summed E-state index contributed by atoms with van der Waals surface area (Å²) in [5.74, 6) is -0.519. The Kier molecular flexibility index (Phi) is 6.22. The maximum Gasteiger partial charge on any atom is 0.297 e. The first kappa shape index (κ1) is 20.7. The van der Waals surface area contributed by atoms with Crippen LogP contribution in [0.2, 0.25) is 0 Å². The molecule has 1 aromatic carbocycles. The minimum atomic E-state index is -0.710. The van der Waals surface area contributed by atoms with Gasteiger partial charge in [0.05, 0.1) is 4.92 Å². The molecule has 1 aromatic heterocycles. The lowest BCUT2D eigenvalue weighted by atomic mass is 10.1. The van der Waals surface area contributed by atoms with E-state index in [9.17, 15) is 25.3 Å². The first-order chi connectivity index (χ1) is 13.2. The smallest absolute Gasteiger partial charge is 0.297 e. The van der Waals surface area contributed by atoms with E-state index in [0.717, 1.165) is 10.1 Å². The highest BCUT2D eigenvalue weighted by atomic mass is 16.6. The number of nitriles is 1. The van der Waals surface area contributed by atoms with Crippen molar-refractivity contribution in [2.24, 2.45) is 10.2 Å². The van der Waals surface area contributed by atoms with Crippen LogP contribution in [0, 0.1) is 42.2 Å². The van der Waals surface area contributed by atoms with Gasteiger partial charge in [-0.15, -0.1) is 10.2 Å². The molecule has 0 unspecified atom stereocenters. The lowest BCUT2D eigenvalue weighted by Gasteiger charge is -2.12. The van der Waals surface area contributed by atoms with Crippen LogP contribution in [0.25, 0.3) is 0 Å². The summed E-state index contributed by atoms with van der Waals surface area (Å²) in [5.41, 5.74) is 0.230. The van der Waals surface area contributed by atoms with E-state index in [1.54, 1.807) is 13.8 Å². The molecule has 28 heavy (non-hydrogen) atoms. The molecule has 0 spiro atoms. The van der Waals surface area contributed by atoms with Crippen LogP contribution >= 0.6 is 0 Å². The minimum Gasteiger partial charge on any atom is -0.493 e. The summed E-state index contributed by atoms with van der Waals surface area (Å²) < 4.78 is 0.922. The van der Waals surface area contributed by atoms with Gasteiger partial charge < -0.3 is 10.2 Å². The normalized spacial score (nSPS) is 11.0. The number of hydrogen-bond acceptors (Lipinski definition) is 8. The van der Waals surface area contributed by atoms with Gasteiger partial charge in [-0.2, -0.15) is 5.26 Å². The van der Waals surface area contributed by atoms with E-state index in [0.29, 0.717) is 5.56 Å². The van der Waals surface area contributed by atoms with Crippen LogP contribution in [0.4, 0.5) is 17.1 Å². The van der Waals surface area contributed by atoms with Crippen molar-refractivity contribution in [2.75, 3.05) is 6.61 Å². The first-order valence-electron chi connectivity index (χ1n) is 8.37. The molecule has 10 nitrogen and oxygen atoms in total. The van der Waals surface area contributed by atoms with Crippen molar-refractivity contribution in [1.29, 1.82) is 5.26 Å². The van der Waals surface area contributed by atoms with Gasteiger partial charge in [-0.3, -0.25) is 19.5 Å². The number of nitrogens with zero attached hydrogens (tertiary/aromatic N) is 5. The van der Waals surface area contributed by atoms with Crippen molar-refractivity contribution in [1.82, 2.24) is 4.57 Å². The Labute approximate surface area is 160 Å². The van der Waals surface area contributed by atoms with Crippen LogP contribution in [0.3, 0.4) is 0 Å². The number of aliphatic hydroxyl groups excluding tert-OH is 1. The Morgan fingerprint density at radius 2 is 1.89 bits per heavy atom. The quantitative estimate of drug-likeness (QED) is 0.442. The maximum atomic E-state index is 12.7. The number of aromatic hydroxyl groups is 1. The molecule has 0 atom stereocenters. The Morgan fingerprint density at radius 3 is 2.46 bits per heavy atom. The van der Waals surface area contributed by atoms with Crippen LogP contribution < -0.4 is 5.56 Å². The molecule has 0 aliphatic rings. The predicted octanol–water partition coefficient (Wildman–Crippen LogP) is 3.06. The molecule has 0 saturated heterocycles. The van der Waals surface area contributed by atoms with Crippen molar-refractivity contribution >= 4 is 17.1 Å². The van der Waals surface area contributed by atoms with Crippen molar-refractivity contribution in [2.45, 2.75) is 33.7 Å². The van der Waals surface area contributed by atoms with E-state index < -0.39 is 16.4 Å². The van der Waals surface area contributed by atoms with Gasteiger partial charge in [-0.1, -0.05) is 0 Å². The molecule has 0 bridgehead atoms. The second-order valence-corrected chi connectivity index (χ2v) is 6.20. The third-order valence-electron chi connectivity index (χ3n) is 4.35. The Hall–Kier alpha value is -3.58. The van der Waals surface area contributed by atoms with Gasteiger partial charge in [0.25, 0.3) is 11.2 Å². The summed E-state index contributed by atoms with van der Waals surface area (Å²) in [5, 5.41) is 47.5. The average Bonchev–Trinajstić information content (AvgIpc) is 2.64. The van der Waals surface area contributed by atoms with E-state index in [4.69, 9.17) is 5.11 Å². The molecule has 10 heteroatoms. The molecule has 2 N–H and O–H groups in total. The zero-order valence-electron chi connectivity index (χ0n) is 15.6. The van der Waals surface area contributed by atoms with Crippen LogP contribution in [-0.2, 0) is 6.54 Å². The molecule has 0 radical (unpaired) electrons. The van der Waals surface area contributed by atoms with Gasteiger partial charge in [-0.05, 0) is 44.4 Å². The number of pyridine rings is 1. The van der Waals surface area contributed by atoms with Crippen LogP contribution in [0.5, 0.6) is 5.88 Å². The van der Waals surface area contributed by atoms with Gasteiger partial charge in [0.2, 0.25) is 5.88 Å². The second kappa shape index (κ2) is 8.41. The SMILES string of the molecule is Cc1cc(N=Nc2c(C)c(C#N)c(O)n(CCCO)c2=O)c([N+](=O)[O-])cc1C. The zero-order valence-corrected chi connectivity index (χ0v) is 15.6. The molecule has 0 aliphatic carbocycles. The number of aliphatic hydroxyl groups is 1. The van der Waals surface area contributed by atoms with Crippen LogP contribution in [0.15, 0.2) is 27.2 Å². The summed E-state index contributed by atoms with van der Waals surface area (Å²) in [6.07, 6.45) is 0.181. The Balaban J connectivity index is 2.67. The summed E-state index contributed by atoms with van der Waals surface area (Å²) in [6.45, 7) is 4.68. The molecule has 1 heterocycles. The van der Waals surface area contributed by atoms with Crippen molar-refractivity contribution in [3.05, 3.63) is 54.9 Å². The van der Waals surface area contributed by atoms with Gasteiger partial charge in [-0.25, -0.2) is 0 Å². The van der Waals surface area contributed by atoms with Crippen molar-refractivity contribution < 1.29 is 15.1 Å². The summed E-state index contributed by atoms with van der Waals surface area (Å²) in [7, 11) is 0. The highest BCUT2D eigenvalue weighted by molar-refractivity contribution is 5.61. The summed E-state index contributed by atoms with van der Waals surface area (Å²) in [4.78, 5) is 23.4. The number of aromatic nitrogens is 1. The second-order valence-electron chi connectivity index (χ2n) is 6.20. The molecule has 2 aromatic rings. The first-order valence-corrected chi connectivity index (χ1v) is 8.37. The molecule has 2 rings (SSSR count). The van der Waals surface area contributed by atoms with E-state index >= 15 is 0 Å². The monoisotopic (exact) mass is 385 g/mol. The molecular weight excluding hydrogens is 366 g/mol. The molecule has 0 fully saturated rings. The Bertz CT molecular complexity index is 1070. The van der Waals surface area contributed by atoms with Crippen molar-refractivity contribution in [3.8, 4) is 11.9 Å². The fraction of sp³-hybridized carbons (Fsp3) is 0.333. The maximum absolute atomic E-state index is 12.7. The largest absolute Gasteiger partial charge is 0.493 e. The lowest BCUT2D eigenvalue weighted by Crippen LogP contribution is -2.22. The van der Waals surface area contributed by atoms with E-state index in [1.165, 1.54) is 19.1 Å². The number of azo groups is 1. The number of rotatable bonds is 6. The average molecular weight is 385 g/mol. The number of hydrogen-bond donors (Lipinski definition) is 2. The van der Waals surface area contributed by atoms with E-state index in [1.807, 2.05) is 6.07 Å². The number of benzene rings is 1. The van der Waals surface area contributed by atoms with Gasteiger partial charge in [0, 0.05) is 24.8 Å². The Morgan fingerprint density at radius 1 is 1.25 bits per heavy atom. The van der Waals surface area contributed by atoms with Gasteiger partial charge >= 0.3 is 0 Å². The third-order valence-corrected chi connectivity index (χ3v) is 4.35. The summed E-state index contributed by atoms with van der Waals surface area (Å²) in [6, 6.07) is 4.67. The highest BCUT2D eigenvalue weighted by Crippen LogP contribution is 2.33. The van der Waals surface area contributed by atoms with E-state index in [-0.39, 0.29) is 47.8 Å².